The Bertz CT molecular complexity index is 783. The molecular weight excluding hydrogens is 350 g/mol. The molecule has 0 radical (unpaired) electrons. The largest absolute Gasteiger partial charge is 0.377 e. The van der Waals surface area contributed by atoms with Crippen molar-refractivity contribution in [1.82, 2.24) is 19.7 Å². The van der Waals surface area contributed by atoms with Gasteiger partial charge in [0.15, 0.2) is 5.82 Å². The van der Waals surface area contributed by atoms with Crippen molar-refractivity contribution in [2.24, 2.45) is 5.73 Å². The monoisotopic (exact) mass is 383 g/mol. The molecule has 0 bridgehead atoms. The zero-order valence-electron chi connectivity index (χ0n) is 17.2. The second-order valence-electron chi connectivity index (χ2n) is 8.47. The van der Waals surface area contributed by atoms with E-state index in [4.69, 9.17) is 20.6 Å². The smallest absolute Gasteiger partial charge is 0.154 e. The van der Waals surface area contributed by atoms with Gasteiger partial charge in [0.05, 0.1) is 11.8 Å². The van der Waals surface area contributed by atoms with Crippen LogP contribution >= 0.6 is 0 Å². The van der Waals surface area contributed by atoms with Crippen LogP contribution in [0.3, 0.4) is 0 Å². The summed E-state index contributed by atoms with van der Waals surface area (Å²) in [6.45, 7) is 5.02. The van der Waals surface area contributed by atoms with Crippen LogP contribution in [0.25, 0.3) is 5.69 Å². The minimum absolute atomic E-state index is 0.0592. The quantitative estimate of drug-likeness (QED) is 0.815. The second-order valence-corrected chi connectivity index (χ2v) is 8.47. The average Bonchev–Trinajstić information content (AvgIpc) is 3.37. The van der Waals surface area contributed by atoms with E-state index in [0.29, 0.717) is 11.8 Å². The van der Waals surface area contributed by atoms with E-state index >= 15 is 0 Å². The van der Waals surface area contributed by atoms with E-state index in [9.17, 15) is 0 Å². The minimum Gasteiger partial charge on any atom is -0.377 e. The number of hydrogen-bond acceptors (Lipinski definition) is 5. The van der Waals surface area contributed by atoms with Crippen LogP contribution in [-0.4, -0.2) is 38.5 Å². The van der Waals surface area contributed by atoms with Crippen LogP contribution in [0, 0.1) is 6.92 Å². The highest BCUT2D eigenvalue weighted by Gasteiger charge is 2.34. The van der Waals surface area contributed by atoms with E-state index in [0.717, 1.165) is 55.2 Å². The molecule has 0 aromatic carbocycles. The lowest BCUT2D eigenvalue weighted by atomic mass is 9.83. The normalized spacial score (nSPS) is 26.0. The van der Waals surface area contributed by atoms with Gasteiger partial charge in [0, 0.05) is 36.9 Å². The van der Waals surface area contributed by atoms with Gasteiger partial charge in [-0.2, -0.15) is 5.10 Å². The Labute approximate surface area is 167 Å². The van der Waals surface area contributed by atoms with Crippen molar-refractivity contribution in [2.45, 2.75) is 89.2 Å². The van der Waals surface area contributed by atoms with Crippen molar-refractivity contribution in [1.29, 1.82) is 0 Å². The van der Waals surface area contributed by atoms with Gasteiger partial charge in [-0.05, 0) is 57.1 Å². The second kappa shape index (κ2) is 8.70. The third kappa shape index (κ3) is 3.98. The number of hydrogen-bond donors (Lipinski definition) is 1. The summed E-state index contributed by atoms with van der Waals surface area (Å²) < 4.78 is 8.05. The fourth-order valence-corrected chi connectivity index (χ4v) is 4.73. The van der Waals surface area contributed by atoms with E-state index in [-0.39, 0.29) is 12.1 Å². The highest BCUT2D eigenvalue weighted by molar-refractivity contribution is 5.38. The first-order valence-corrected chi connectivity index (χ1v) is 10.9. The first-order valence-electron chi connectivity index (χ1n) is 10.9. The molecule has 152 valence electrons. The van der Waals surface area contributed by atoms with E-state index in [2.05, 4.69) is 23.5 Å². The summed E-state index contributed by atoms with van der Waals surface area (Å²) in [5.41, 5.74) is 8.71. The molecule has 2 aliphatic rings. The van der Waals surface area contributed by atoms with Crippen LogP contribution in [0.1, 0.15) is 87.3 Å². The van der Waals surface area contributed by atoms with Crippen molar-refractivity contribution in [2.75, 3.05) is 6.61 Å². The number of pyridine rings is 1. The number of nitrogens with two attached hydrogens (primary N) is 1. The average molecular weight is 384 g/mol. The number of aromatic nitrogens is 4. The third-order valence-electron chi connectivity index (χ3n) is 6.32. The first kappa shape index (κ1) is 19.5. The van der Waals surface area contributed by atoms with Gasteiger partial charge in [0.25, 0.3) is 0 Å². The number of aryl methyl sites for hydroxylation is 1. The zero-order chi connectivity index (χ0) is 19.5. The highest BCUT2D eigenvalue weighted by Crippen LogP contribution is 2.37. The molecule has 2 aromatic heterocycles. The number of nitrogens with zero attached hydrogens (tertiary/aromatic N) is 4. The Balaban J connectivity index is 1.63. The molecule has 2 fully saturated rings. The topological polar surface area (TPSA) is 78.9 Å². The standard InChI is InChI=1S/C22H33N5O/c1-3-12-28-20-9-8-17(13-18(20)23)22-25-21(16-6-4-5-7-16)26-27(22)19-10-11-24-14-15(19)2/h10-11,14,16-18,20H,3-9,12-13,23H2,1-2H3/t17-,18+,20+/m0/s1. The van der Waals surface area contributed by atoms with Gasteiger partial charge in [-0.3, -0.25) is 4.98 Å². The molecule has 6 heteroatoms. The van der Waals surface area contributed by atoms with Crippen molar-refractivity contribution in [3.05, 3.63) is 35.7 Å². The van der Waals surface area contributed by atoms with Crippen LogP contribution in [0.4, 0.5) is 0 Å². The molecule has 0 spiro atoms. The zero-order valence-corrected chi connectivity index (χ0v) is 17.2. The molecule has 3 atom stereocenters. The van der Waals surface area contributed by atoms with Crippen LogP contribution in [0.5, 0.6) is 0 Å². The van der Waals surface area contributed by atoms with Crippen LogP contribution in [-0.2, 0) is 4.74 Å². The Morgan fingerprint density at radius 2 is 2.00 bits per heavy atom. The van der Waals surface area contributed by atoms with Gasteiger partial charge in [-0.25, -0.2) is 9.67 Å². The molecule has 6 nitrogen and oxygen atoms in total. The Morgan fingerprint density at radius 1 is 1.18 bits per heavy atom. The Morgan fingerprint density at radius 3 is 2.71 bits per heavy atom. The summed E-state index contributed by atoms with van der Waals surface area (Å²) in [6, 6.07) is 2.10. The number of rotatable bonds is 6. The van der Waals surface area contributed by atoms with Gasteiger partial charge >= 0.3 is 0 Å². The predicted molar refractivity (Wildman–Crippen MR) is 110 cm³/mol. The van der Waals surface area contributed by atoms with Crippen LogP contribution < -0.4 is 5.73 Å². The van der Waals surface area contributed by atoms with Crippen LogP contribution in [0.2, 0.25) is 0 Å². The fourth-order valence-electron chi connectivity index (χ4n) is 4.73. The lowest BCUT2D eigenvalue weighted by molar-refractivity contribution is 0.0108. The van der Waals surface area contributed by atoms with Gasteiger partial charge in [0.1, 0.15) is 5.82 Å². The SMILES string of the molecule is CCCO[C@@H]1CC[C@H](c2nc(C3CCCC3)nn2-c2ccncc2C)C[C@H]1N. The van der Waals surface area contributed by atoms with Gasteiger partial charge in [0.2, 0.25) is 0 Å². The summed E-state index contributed by atoms with van der Waals surface area (Å²) in [7, 11) is 0. The predicted octanol–water partition coefficient (Wildman–Crippen LogP) is 4.02. The summed E-state index contributed by atoms with van der Waals surface area (Å²) in [4.78, 5) is 9.34. The summed E-state index contributed by atoms with van der Waals surface area (Å²) >= 11 is 0. The maximum absolute atomic E-state index is 6.50. The van der Waals surface area contributed by atoms with E-state index < -0.39 is 0 Å². The molecule has 0 unspecified atom stereocenters. The Kier molecular flexibility index (Phi) is 6.07. The van der Waals surface area contributed by atoms with Crippen molar-refractivity contribution in [3.8, 4) is 5.69 Å². The van der Waals surface area contributed by atoms with E-state index in [1.807, 2.05) is 18.5 Å². The van der Waals surface area contributed by atoms with Gasteiger partial charge in [-0.1, -0.05) is 19.8 Å². The van der Waals surface area contributed by atoms with E-state index in [1.54, 1.807) is 0 Å². The van der Waals surface area contributed by atoms with Crippen molar-refractivity contribution in [3.63, 3.8) is 0 Å². The van der Waals surface area contributed by atoms with E-state index in [1.165, 1.54) is 25.7 Å². The molecule has 2 heterocycles. The molecule has 4 rings (SSSR count). The molecule has 0 amide bonds. The molecule has 2 aromatic rings. The lowest BCUT2D eigenvalue weighted by Crippen LogP contribution is -2.42. The van der Waals surface area contributed by atoms with Gasteiger partial charge in [-0.15, -0.1) is 0 Å². The van der Waals surface area contributed by atoms with Gasteiger partial charge < -0.3 is 10.5 Å². The maximum Gasteiger partial charge on any atom is 0.154 e. The summed E-state index contributed by atoms with van der Waals surface area (Å²) in [6.07, 6.45) is 12.9. The molecule has 0 saturated heterocycles. The number of ether oxygens (including phenoxy) is 1. The molecule has 2 N–H and O–H groups in total. The lowest BCUT2D eigenvalue weighted by Gasteiger charge is -2.33. The van der Waals surface area contributed by atoms with Crippen molar-refractivity contribution >= 4 is 0 Å². The minimum atomic E-state index is 0.0592. The molecule has 2 saturated carbocycles. The summed E-state index contributed by atoms with van der Waals surface area (Å²) in [5.74, 6) is 2.91. The molecule has 2 aliphatic carbocycles. The molecular formula is C22H33N5O. The first-order chi connectivity index (χ1) is 13.7. The molecule has 28 heavy (non-hydrogen) atoms. The Hall–Kier alpha value is -1.79. The molecule has 0 aliphatic heterocycles. The van der Waals surface area contributed by atoms with Crippen molar-refractivity contribution < 1.29 is 4.74 Å². The maximum atomic E-state index is 6.50. The summed E-state index contributed by atoms with van der Waals surface area (Å²) in [5, 5.41) is 5.00. The van der Waals surface area contributed by atoms with Crippen LogP contribution in [0.15, 0.2) is 18.5 Å². The fraction of sp³-hybridized carbons (Fsp3) is 0.682. The third-order valence-corrected chi connectivity index (χ3v) is 6.32. The highest BCUT2D eigenvalue weighted by atomic mass is 16.5.